The van der Waals surface area contributed by atoms with E-state index in [1.807, 2.05) is 9.80 Å². The molecule has 3 rings (SSSR count). The molecule has 0 bridgehead atoms. The number of carbonyl (C=O) groups is 2. The predicted molar refractivity (Wildman–Crippen MR) is 132 cm³/mol. The van der Waals surface area contributed by atoms with E-state index in [4.69, 9.17) is 15.9 Å². The molecule has 194 valence electrons. The number of carboxylic acid groups (broad SMARTS) is 1. The molecule has 2 heterocycles. The highest BCUT2D eigenvalue weighted by Crippen LogP contribution is 2.35. The lowest BCUT2D eigenvalue weighted by atomic mass is 9.75. The fourth-order valence-electron chi connectivity index (χ4n) is 5.94. The van der Waals surface area contributed by atoms with Crippen LogP contribution in [0.3, 0.4) is 0 Å². The van der Waals surface area contributed by atoms with Crippen molar-refractivity contribution in [2.24, 2.45) is 11.1 Å². The van der Waals surface area contributed by atoms with E-state index in [9.17, 15) is 14.7 Å². The molecule has 3 fully saturated rings. The average molecular weight is 480 g/mol. The number of carboxylic acids is 1. The van der Waals surface area contributed by atoms with Crippen LogP contribution in [0, 0.1) is 10.8 Å². The molecule has 1 saturated carbocycles. The molecule has 2 saturated heterocycles. The van der Waals surface area contributed by atoms with Crippen LogP contribution in [-0.2, 0) is 14.3 Å². The fourth-order valence-corrected chi connectivity index (χ4v) is 5.94. The van der Waals surface area contributed by atoms with Crippen LogP contribution < -0.4 is 11.1 Å². The van der Waals surface area contributed by atoms with E-state index in [1.54, 1.807) is 0 Å². The monoisotopic (exact) mass is 479 g/mol. The number of carbonyl (C=O) groups excluding carboxylic acids is 1. The molecule has 34 heavy (non-hydrogen) atoms. The van der Waals surface area contributed by atoms with Crippen molar-refractivity contribution in [2.45, 2.75) is 109 Å². The van der Waals surface area contributed by atoms with Gasteiger partial charge in [-0.2, -0.15) is 0 Å². The lowest BCUT2D eigenvalue weighted by molar-refractivity contribution is -0.145. The van der Waals surface area contributed by atoms with Crippen molar-refractivity contribution < 1.29 is 19.4 Å². The minimum absolute atomic E-state index is 0.0646. The molecule has 5 N–H and O–H groups in total. The molecule has 3 aliphatic rings. The van der Waals surface area contributed by atoms with E-state index in [-0.39, 0.29) is 41.9 Å². The number of rotatable bonds is 9. The molecule has 1 unspecified atom stereocenters. The number of hydrogen-bond acceptors (Lipinski definition) is 5. The van der Waals surface area contributed by atoms with Gasteiger partial charge in [0.25, 0.3) is 0 Å². The van der Waals surface area contributed by atoms with Crippen LogP contribution in [-0.4, -0.2) is 83.2 Å². The smallest absolute Gasteiger partial charge is 0.305 e. The third kappa shape index (κ3) is 7.83. The van der Waals surface area contributed by atoms with Gasteiger partial charge >= 0.3 is 5.97 Å². The van der Waals surface area contributed by atoms with Gasteiger partial charge in [-0.25, -0.2) is 0 Å². The number of aliphatic carboxylic acids is 1. The van der Waals surface area contributed by atoms with E-state index in [0.29, 0.717) is 13.2 Å². The number of hydrogen-bond donors (Lipinski definition) is 4. The maximum Gasteiger partial charge on any atom is 0.305 e. The lowest BCUT2D eigenvalue weighted by Crippen LogP contribution is -2.55. The van der Waals surface area contributed by atoms with Gasteiger partial charge in [0.15, 0.2) is 5.96 Å². The standard InChI is InChI=1S/C25H45N5O4/c1-25(2)11-5-6-18(17-25)28-21(16-22(31)32)23(33)30-12-4-3-7-19(30)10-15-34-20-8-13-29(14-9-20)24(26)27/h18-21,28H,3-17H2,1-2H3,(H3,26,27)(H,31,32)/t18?,19-,21-/m0/s1. The summed E-state index contributed by atoms with van der Waals surface area (Å²) < 4.78 is 6.13. The number of nitrogens with one attached hydrogen (secondary N) is 2. The van der Waals surface area contributed by atoms with Crippen molar-refractivity contribution in [3.05, 3.63) is 0 Å². The first-order valence-electron chi connectivity index (χ1n) is 13.1. The first kappa shape index (κ1) is 26.7. The predicted octanol–water partition coefficient (Wildman–Crippen LogP) is 2.53. The number of likely N-dealkylation sites (tertiary alicyclic amines) is 2. The minimum Gasteiger partial charge on any atom is -0.481 e. The number of nitrogens with two attached hydrogens (primary N) is 1. The summed E-state index contributed by atoms with van der Waals surface area (Å²) in [5.41, 5.74) is 5.79. The molecule has 0 radical (unpaired) electrons. The van der Waals surface area contributed by atoms with Crippen molar-refractivity contribution in [3.8, 4) is 0 Å². The molecule has 0 aromatic rings. The maximum atomic E-state index is 13.6. The first-order valence-corrected chi connectivity index (χ1v) is 13.1. The van der Waals surface area contributed by atoms with Gasteiger partial charge in [0.1, 0.15) is 0 Å². The molecular weight excluding hydrogens is 434 g/mol. The van der Waals surface area contributed by atoms with Crippen LogP contribution in [0.5, 0.6) is 0 Å². The Bertz CT molecular complexity index is 707. The number of guanidine groups is 1. The average Bonchev–Trinajstić information content (AvgIpc) is 2.78. The second-order valence-electron chi connectivity index (χ2n) is 11.2. The Labute approximate surface area is 204 Å². The molecule has 1 amide bonds. The topological polar surface area (TPSA) is 132 Å². The Hall–Kier alpha value is -1.87. The number of nitrogens with zero attached hydrogens (tertiary/aromatic N) is 2. The number of piperidine rings is 2. The Morgan fingerprint density at radius 1 is 1.15 bits per heavy atom. The molecular formula is C25H45N5O4. The second-order valence-corrected chi connectivity index (χ2v) is 11.2. The number of amides is 1. The van der Waals surface area contributed by atoms with Crippen molar-refractivity contribution in [2.75, 3.05) is 26.2 Å². The molecule has 1 aliphatic carbocycles. The maximum absolute atomic E-state index is 13.6. The van der Waals surface area contributed by atoms with Crippen LogP contribution in [0.1, 0.15) is 84.5 Å². The highest BCUT2D eigenvalue weighted by molar-refractivity contribution is 5.86. The molecule has 0 aromatic carbocycles. The van der Waals surface area contributed by atoms with Gasteiger partial charge in [-0.1, -0.05) is 20.3 Å². The van der Waals surface area contributed by atoms with Crippen LogP contribution in [0.25, 0.3) is 0 Å². The van der Waals surface area contributed by atoms with Crippen LogP contribution in [0.2, 0.25) is 0 Å². The Morgan fingerprint density at radius 2 is 1.88 bits per heavy atom. The third-order valence-corrected chi connectivity index (χ3v) is 7.82. The van der Waals surface area contributed by atoms with Crippen LogP contribution >= 0.6 is 0 Å². The summed E-state index contributed by atoms with van der Waals surface area (Å²) in [5.74, 6) is -0.879. The van der Waals surface area contributed by atoms with Gasteiger partial charge in [0.2, 0.25) is 5.91 Å². The molecule has 9 heteroatoms. The molecule has 3 atom stereocenters. The molecule has 9 nitrogen and oxygen atoms in total. The molecule has 0 spiro atoms. The summed E-state index contributed by atoms with van der Waals surface area (Å²) in [6.45, 7) is 7.27. The second kappa shape index (κ2) is 12.2. The van der Waals surface area contributed by atoms with Gasteiger partial charge in [-0.05, 0) is 63.2 Å². The van der Waals surface area contributed by atoms with E-state index < -0.39 is 12.0 Å². The Morgan fingerprint density at radius 3 is 2.53 bits per heavy atom. The zero-order chi connectivity index (χ0) is 24.7. The van der Waals surface area contributed by atoms with E-state index in [0.717, 1.165) is 70.9 Å². The summed E-state index contributed by atoms with van der Waals surface area (Å²) in [7, 11) is 0. The molecule has 2 aliphatic heterocycles. The van der Waals surface area contributed by atoms with Crippen LogP contribution in [0.4, 0.5) is 0 Å². The van der Waals surface area contributed by atoms with Gasteiger partial charge in [0, 0.05) is 38.3 Å². The van der Waals surface area contributed by atoms with Gasteiger partial charge < -0.3 is 30.7 Å². The molecule has 0 aromatic heterocycles. The third-order valence-electron chi connectivity index (χ3n) is 7.82. The first-order chi connectivity index (χ1) is 16.1. The SMILES string of the molecule is CC1(C)CCCC(N[C@@H](CC(=O)O)C(=O)N2CCCC[C@H]2CCOC2CCN(C(=N)N)CC2)C1. The van der Waals surface area contributed by atoms with Gasteiger partial charge in [-0.15, -0.1) is 0 Å². The van der Waals surface area contributed by atoms with E-state index in [2.05, 4.69) is 19.2 Å². The van der Waals surface area contributed by atoms with Gasteiger partial charge in [0.05, 0.1) is 18.6 Å². The summed E-state index contributed by atoms with van der Waals surface area (Å²) in [4.78, 5) is 29.0. The van der Waals surface area contributed by atoms with Gasteiger partial charge in [-0.3, -0.25) is 15.0 Å². The Kier molecular flexibility index (Phi) is 9.59. The lowest BCUT2D eigenvalue weighted by Gasteiger charge is -2.41. The van der Waals surface area contributed by atoms with Crippen molar-refractivity contribution >= 4 is 17.8 Å². The summed E-state index contributed by atoms with van der Waals surface area (Å²) in [6.07, 6.45) is 9.69. The zero-order valence-corrected chi connectivity index (χ0v) is 21.1. The summed E-state index contributed by atoms with van der Waals surface area (Å²) in [6, 6.07) is -0.391. The zero-order valence-electron chi connectivity index (χ0n) is 21.1. The normalized spacial score (nSPS) is 26.8. The van der Waals surface area contributed by atoms with E-state index >= 15 is 0 Å². The van der Waals surface area contributed by atoms with E-state index in [1.165, 1.54) is 6.42 Å². The van der Waals surface area contributed by atoms with Crippen molar-refractivity contribution in [3.63, 3.8) is 0 Å². The summed E-state index contributed by atoms with van der Waals surface area (Å²) in [5, 5.41) is 20.5. The fraction of sp³-hybridized carbons (Fsp3) is 0.880. The highest BCUT2D eigenvalue weighted by Gasteiger charge is 2.36. The largest absolute Gasteiger partial charge is 0.481 e. The van der Waals surface area contributed by atoms with Crippen molar-refractivity contribution in [1.29, 1.82) is 5.41 Å². The quantitative estimate of drug-likeness (QED) is 0.295. The van der Waals surface area contributed by atoms with Crippen molar-refractivity contribution in [1.82, 2.24) is 15.1 Å². The Balaban J connectivity index is 1.54. The number of ether oxygens (including phenoxy) is 1. The highest BCUT2D eigenvalue weighted by atomic mass is 16.5. The summed E-state index contributed by atoms with van der Waals surface area (Å²) >= 11 is 0. The minimum atomic E-state index is -0.935. The van der Waals surface area contributed by atoms with Crippen LogP contribution in [0.15, 0.2) is 0 Å².